The quantitative estimate of drug-likeness (QED) is 0.777. The van der Waals surface area contributed by atoms with Gasteiger partial charge in [-0.15, -0.1) is 0 Å². The van der Waals surface area contributed by atoms with Crippen molar-refractivity contribution < 1.29 is 19.2 Å². The number of para-hydroxylation sites is 1. The summed E-state index contributed by atoms with van der Waals surface area (Å²) >= 11 is 0. The molecule has 3 rings (SSSR count). The van der Waals surface area contributed by atoms with Crippen molar-refractivity contribution in [2.45, 2.75) is 26.8 Å². The van der Waals surface area contributed by atoms with Crippen LogP contribution in [0.1, 0.15) is 38.8 Å². The smallest absolute Gasteiger partial charge is 0.262 e. The number of carbonyl (C=O) groups is 4. The van der Waals surface area contributed by atoms with Crippen LogP contribution in [-0.4, -0.2) is 41.1 Å². The second-order valence-corrected chi connectivity index (χ2v) is 6.73. The number of hydrogen-bond acceptors (Lipinski definition) is 4. The summed E-state index contributed by atoms with van der Waals surface area (Å²) in [6, 6.07) is 11.1. The number of imide groups is 1. The molecule has 28 heavy (non-hydrogen) atoms. The molecule has 0 aliphatic carbocycles. The molecule has 0 fully saturated rings. The van der Waals surface area contributed by atoms with E-state index in [1.807, 2.05) is 32.0 Å². The van der Waals surface area contributed by atoms with Crippen LogP contribution >= 0.6 is 0 Å². The summed E-state index contributed by atoms with van der Waals surface area (Å²) < 4.78 is 0. The van der Waals surface area contributed by atoms with Crippen molar-refractivity contribution in [2.75, 3.05) is 11.9 Å². The molecule has 7 heteroatoms. The van der Waals surface area contributed by atoms with Crippen LogP contribution in [-0.2, 0) is 9.59 Å². The number of nitrogens with one attached hydrogen (secondary N) is 2. The molecule has 2 N–H and O–H groups in total. The van der Waals surface area contributed by atoms with Crippen LogP contribution in [0, 0.1) is 13.8 Å². The molecule has 1 atom stereocenters. The Bertz CT molecular complexity index is 928. The molecule has 144 valence electrons. The van der Waals surface area contributed by atoms with E-state index in [-0.39, 0.29) is 23.6 Å². The van der Waals surface area contributed by atoms with Gasteiger partial charge in [-0.05, 0) is 44.0 Å². The third-order valence-corrected chi connectivity index (χ3v) is 4.76. The second-order valence-electron chi connectivity index (χ2n) is 6.73. The van der Waals surface area contributed by atoms with Crippen molar-refractivity contribution in [3.63, 3.8) is 0 Å². The lowest BCUT2D eigenvalue weighted by molar-refractivity contribution is -0.126. The van der Waals surface area contributed by atoms with Gasteiger partial charge in [-0.1, -0.05) is 30.3 Å². The van der Waals surface area contributed by atoms with Gasteiger partial charge in [-0.25, -0.2) is 0 Å². The van der Waals surface area contributed by atoms with Gasteiger partial charge in [0.1, 0.15) is 6.04 Å². The van der Waals surface area contributed by atoms with Crippen LogP contribution in [0.3, 0.4) is 0 Å². The van der Waals surface area contributed by atoms with Crippen molar-refractivity contribution >= 4 is 29.3 Å². The number of fused-ring (bicyclic) bond motifs is 1. The normalized spacial score (nSPS) is 13.9. The third-order valence-electron chi connectivity index (χ3n) is 4.76. The summed E-state index contributed by atoms with van der Waals surface area (Å²) in [5.41, 5.74) is 3.09. The van der Waals surface area contributed by atoms with Gasteiger partial charge in [-0.2, -0.15) is 0 Å². The lowest BCUT2D eigenvalue weighted by Crippen LogP contribution is -2.49. The highest BCUT2D eigenvalue weighted by molar-refractivity contribution is 6.22. The monoisotopic (exact) mass is 379 g/mol. The number of nitrogens with zero attached hydrogens (tertiary/aromatic N) is 1. The minimum atomic E-state index is -1.03. The van der Waals surface area contributed by atoms with E-state index in [0.29, 0.717) is 5.69 Å². The molecule has 0 saturated carbocycles. The van der Waals surface area contributed by atoms with Crippen molar-refractivity contribution in [3.05, 3.63) is 64.7 Å². The molecule has 1 aliphatic heterocycles. The highest BCUT2D eigenvalue weighted by Gasteiger charge is 2.40. The maximum absolute atomic E-state index is 12.5. The first-order valence-corrected chi connectivity index (χ1v) is 8.92. The van der Waals surface area contributed by atoms with Gasteiger partial charge in [0.05, 0.1) is 17.7 Å². The number of carbonyl (C=O) groups excluding carboxylic acids is 4. The van der Waals surface area contributed by atoms with Crippen molar-refractivity contribution in [3.8, 4) is 0 Å². The lowest BCUT2D eigenvalue weighted by Gasteiger charge is -2.21. The number of amides is 4. The molecule has 1 aliphatic rings. The van der Waals surface area contributed by atoms with Crippen LogP contribution in [0.5, 0.6) is 0 Å². The zero-order valence-electron chi connectivity index (χ0n) is 15.9. The van der Waals surface area contributed by atoms with Crippen LogP contribution in [0.2, 0.25) is 0 Å². The zero-order valence-corrected chi connectivity index (χ0v) is 15.9. The van der Waals surface area contributed by atoms with E-state index in [4.69, 9.17) is 0 Å². The van der Waals surface area contributed by atoms with Crippen LogP contribution in [0.15, 0.2) is 42.5 Å². The SMILES string of the molecule is Cc1cccc(C)c1NC(=O)CNC(=O)[C@@H](C)N1C(=O)c2ccccc2C1=O. The van der Waals surface area contributed by atoms with Crippen LogP contribution in [0.4, 0.5) is 5.69 Å². The summed E-state index contributed by atoms with van der Waals surface area (Å²) in [5.74, 6) is -1.99. The Morgan fingerprint density at radius 3 is 2.00 bits per heavy atom. The minimum absolute atomic E-state index is 0.264. The molecule has 2 aromatic rings. The van der Waals surface area contributed by atoms with E-state index < -0.39 is 23.8 Å². The Morgan fingerprint density at radius 1 is 0.929 bits per heavy atom. The molecular formula is C21H21N3O4. The molecule has 0 spiro atoms. The molecule has 4 amide bonds. The standard InChI is InChI=1S/C21H21N3O4/c1-12-7-6-8-13(2)18(12)23-17(25)11-22-19(26)14(3)24-20(27)15-9-4-5-10-16(15)21(24)28/h4-10,14H,11H2,1-3H3,(H,22,26)(H,23,25)/t14-/m1/s1. The fourth-order valence-corrected chi connectivity index (χ4v) is 3.19. The molecule has 0 unspecified atom stereocenters. The number of benzene rings is 2. The molecule has 0 aromatic heterocycles. The predicted octanol–water partition coefficient (Wildman–Crippen LogP) is 2.04. The van der Waals surface area contributed by atoms with E-state index in [0.717, 1.165) is 16.0 Å². The van der Waals surface area contributed by atoms with E-state index in [9.17, 15) is 19.2 Å². The van der Waals surface area contributed by atoms with Crippen LogP contribution < -0.4 is 10.6 Å². The first-order valence-electron chi connectivity index (χ1n) is 8.92. The lowest BCUT2D eigenvalue weighted by atomic mass is 10.1. The van der Waals surface area contributed by atoms with E-state index in [2.05, 4.69) is 10.6 Å². The molecule has 7 nitrogen and oxygen atoms in total. The Kier molecular flexibility index (Phi) is 5.26. The average Bonchev–Trinajstić information content (AvgIpc) is 2.93. The fraction of sp³-hybridized carbons (Fsp3) is 0.238. The summed E-state index contributed by atoms with van der Waals surface area (Å²) in [7, 11) is 0. The van der Waals surface area contributed by atoms with Gasteiger partial charge in [0, 0.05) is 5.69 Å². The average molecular weight is 379 g/mol. The predicted molar refractivity (Wildman–Crippen MR) is 104 cm³/mol. The third kappa shape index (κ3) is 3.51. The first kappa shape index (κ1) is 19.3. The molecule has 2 aromatic carbocycles. The number of rotatable bonds is 5. The zero-order chi connectivity index (χ0) is 20.4. The van der Waals surface area contributed by atoms with Gasteiger partial charge >= 0.3 is 0 Å². The Balaban J connectivity index is 1.62. The van der Waals surface area contributed by atoms with E-state index >= 15 is 0 Å². The number of anilines is 1. The summed E-state index contributed by atoms with van der Waals surface area (Å²) in [4.78, 5) is 50.5. The topological polar surface area (TPSA) is 95.6 Å². The van der Waals surface area contributed by atoms with Crippen molar-refractivity contribution in [1.29, 1.82) is 0 Å². The highest BCUT2D eigenvalue weighted by atomic mass is 16.2. The van der Waals surface area contributed by atoms with Gasteiger partial charge in [-0.3, -0.25) is 24.1 Å². The highest BCUT2D eigenvalue weighted by Crippen LogP contribution is 2.24. The Hall–Kier alpha value is -3.48. The molecular weight excluding hydrogens is 358 g/mol. The summed E-state index contributed by atoms with van der Waals surface area (Å²) in [6.45, 7) is 4.96. The van der Waals surface area contributed by atoms with Gasteiger partial charge in [0.25, 0.3) is 11.8 Å². The second kappa shape index (κ2) is 7.64. The fourth-order valence-electron chi connectivity index (χ4n) is 3.19. The Morgan fingerprint density at radius 2 is 1.46 bits per heavy atom. The maximum atomic E-state index is 12.5. The summed E-state index contributed by atoms with van der Waals surface area (Å²) in [5, 5.41) is 5.26. The number of hydrogen-bond donors (Lipinski definition) is 2. The molecule has 0 bridgehead atoms. The van der Waals surface area contributed by atoms with Crippen molar-refractivity contribution in [2.24, 2.45) is 0 Å². The molecule has 0 saturated heterocycles. The van der Waals surface area contributed by atoms with E-state index in [1.165, 1.54) is 6.92 Å². The van der Waals surface area contributed by atoms with E-state index in [1.54, 1.807) is 24.3 Å². The molecule has 1 heterocycles. The van der Waals surface area contributed by atoms with Crippen molar-refractivity contribution in [1.82, 2.24) is 10.2 Å². The van der Waals surface area contributed by atoms with Gasteiger partial charge in [0.2, 0.25) is 11.8 Å². The maximum Gasteiger partial charge on any atom is 0.262 e. The minimum Gasteiger partial charge on any atom is -0.345 e. The summed E-state index contributed by atoms with van der Waals surface area (Å²) in [6.07, 6.45) is 0. The molecule has 0 radical (unpaired) electrons. The number of aryl methyl sites for hydroxylation is 2. The van der Waals surface area contributed by atoms with Gasteiger partial charge < -0.3 is 10.6 Å². The van der Waals surface area contributed by atoms with Gasteiger partial charge in [0.15, 0.2) is 0 Å². The largest absolute Gasteiger partial charge is 0.345 e. The van der Waals surface area contributed by atoms with Crippen LogP contribution in [0.25, 0.3) is 0 Å². The first-order chi connectivity index (χ1) is 13.3. The Labute approximate surface area is 162 Å².